The number of rotatable bonds is 2. The van der Waals surface area contributed by atoms with Crippen LogP contribution in [0.2, 0.25) is 0 Å². The molecule has 0 fully saturated rings. The Morgan fingerprint density at radius 2 is 2.20 bits per heavy atom. The number of carboxylic acids is 1. The number of hydrogen-bond donors (Lipinski definition) is 1. The third-order valence-electron chi connectivity index (χ3n) is 3.34. The maximum Gasteiger partial charge on any atom is 0.365 e. The molecule has 0 bridgehead atoms. The van der Waals surface area contributed by atoms with E-state index in [-0.39, 0.29) is 10.9 Å². The number of nitrogens with zero attached hydrogens (tertiary/aromatic N) is 2. The van der Waals surface area contributed by atoms with Gasteiger partial charge in [0.2, 0.25) is 10.9 Å². The van der Waals surface area contributed by atoms with Gasteiger partial charge in [-0.25, -0.2) is 9.78 Å². The van der Waals surface area contributed by atoms with Crippen LogP contribution in [0.1, 0.15) is 22.3 Å². The van der Waals surface area contributed by atoms with Crippen LogP contribution in [0.5, 0.6) is 0 Å². The standard InChI is InChI=1S/C14H12N2O3S/c1-8(17)16-5-4-10-6-9(2-3-12(10)16)11-7-20-13(15-11)14(18)19/h2-3,6-7H,4-5H2,1H3,(H,18,19). The lowest BCUT2D eigenvalue weighted by molar-refractivity contribution is -0.116. The summed E-state index contributed by atoms with van der Waals surface area (Å²) in [4.78, 5) is 28.2. The minimum atomic E-state index is -1.01. The Morgan fingerprint density at radius 3 is 2.85 bits per heavy atom. The Balaban J connectivity index is 1.97. The second-order valence-corrected chi connectivity index (χ2v) is 5.47. The van der Waals surface area contributed by atoms with E-state index in [0.29, 0.717) is 12.2 Å². The quantitative estimate of drug-likeness (QED) is 0.921. The molecule has 0 atom stereocenters. The lowest BCUT2D eigenvalue weighted by Crippen LogP contribution is -2.25. The van der Waals surface area contributed by atoms with Gasteiger partial charge < -0.3 is 10.0 Å². The van der Waals surface area contributed by atoms with Crippen molar-refractivity contribution in [1.82, 2.24) is 4.98 Å². The molecule has 0 unspecified atom stereocenters. The molecule has 0 spiro atoms. The van der Waals surface area contributed by atoms with E-state index in [2.05, 4.69) is 4.98 Å². The highest BCUT2D eigenvalue weighted by atomic mass is 32.1. The Kier molecular flexibility index (Phi) is 3.02. The van der Waals surface area contributed by atoms with Gasteiger partial charge in [0.05, 0.1) is 5.69 Å². The summed E-state index contributed by atoms with van der Waals surface area (Å²) in [5, 5.41) is 10.7. The third-order valence-corrected chi connectivity index (χ3v) is 4.17. The summed E-state index contributed by atoms with van der Waals surface area (Å²) >= 11 is 1.12. The van der Waals surface area contributed by atoms with E-state index < -0.39 is 5.97 Å². The van der Waals surface area contributed by atoms with Crippen molar-refractivity contribution in [3.63, 3.8) is 0 Å². The van der Waals surface area contributed by atoms with Crippen LogP contribution in [0.3, 0.4) is 0 Å². The molecule has 2 heterocycles. The average molecular weight is 288 g/mol. The predicted molar refractivity (Wildman–Crippen MR) is 76.2 cm³/mol. The Morgan fingerprint density at radius 1 is 1.40 bits per heavy atom. The van der Waals surface area contributed by atoms with Crippen molar-refractivity contribution in [2.24, 2.45) is 0 Å². The lowest BCUT2D eigenvalue weighted by Gasteiger charge is -2.14. The van der Waals surface area contributed by atoms with E-state index >= 15 is 0 Å². The normalized spacial score (nSPS) is 13.3. The van der Waals surface area contributed by atoms with Crippen LogP contribution >= 0.6 is 11.3 Å². The maximum atomic E-state index is 11.5. The molecule has 1 aliphatic heterocycles. The molecular formula is C14H12N2O3S. The second-order valence-electron chi connectivity index (χ2n) is 4.61. The number of aromatic carboxylic acids is 1. The SMILES string of the molecule is CC(=O)N1CCc2cc(-c3csc(C(=O)O)n3)ccc21. The van der Waals surface area contributed by atoms with Gasteiger partial charge in [0.15, 0.2) is 0 Å². The fourth-order valence-electron chi connectivity index (χ4n) is 2.39. The number of benzene rings is 1. The Bertz CT molecular complexity index is 708. The third kappa shape index (κ3) is 2.08. The maximum absolute atomic E-state index is 11.5. The van der Waals surface area contributed by atoms with Crippen LogP contribution in [0.4, 0.5) is 5.69 Å². The van der Waals surface area contributed by atoms with Gasteiger partial charge in [0.25, 0.3) is 0 Å². The Hall–Kier alpha value is -2.21. The molecule has 0 saturated heterocycles. The summed E-state index contributed by atoms with van der Waals surface area (Å²) in [7, 11) is 0. The van der Waals surface area contributed by atoms with E-state index in [9.17, 15) is 9.59 Å². The van der Waals surface area contributed by atoms with Crippen LogP contribution < -0.4 is 4.90 Å². The Labute approximate surface area is 119 Å². The molecule has 0 saturated carbocycles. The first-order valence-electron chi connectivity index (χ1n) is 6.16. The van der Waals surface area contributed by atoms with Crippen LogP contribution in [0.25, 0.3) is 11.3 Å². The summed E-state index contributed by atoms with van der Waals surface area (Å²) in [6.45, 7) is 2.26. The number of thiazole rings is 1. The first-order valence-corrected chi connectivity index (χ1v) is 7.04. The van der Waals surface area contributed by atoms with Crippen molar-refractivity contribution in [3.8, 4) is 11.3 Å². The van der Waals surface area contributed by atoms with E-state index in [0.717, 1.165) is 34.6 Å². The van der Waals surface area contributed by atoms with E-state index in [4.69, 9.17) is 5.11 Å². The van der Waals surface area contributed by atoms with Crippen LogP contribution in [-0.4, -0.2) is 28.5 Å². The number of aromatic nitrogens is 1. The largest absolute Gasteiger partial charge is 0.476 e. The van der Waals surface area contributed by atoms with Gasteiger partial charge in [-0.1, -0.05) is 6.07 Å². The van der Waals surface area contributed by atoms with E-state index in [1.165, 1.54) is 0 Å². The number of hydrogen-bond acceptors (Lipinski definition) is 4. The predicted octanol–water partition coefficient (Wildman–Crippen LogP) is 2.42. The van der Waals surface area contributed by atoms with Crippen molar-refractivity contribution in [3.05, 3.63) is 34.2 Å². The minimum Gasteiger partial charge on any atom is -0.476 e. The lowest BCUT2D eigenvalue weighted by atomic mass is 10.1. The molecule has 1 aliphatic rings. The van der Waals surface area contributed by atoms with Crippen molar-refractivity contribution in [2.45, 2.75) is 13.3 Å². The van der Waals surface area contributed by atoms with Crippen molar-refractivity contribution in [1.29, 1.82) is 0 Å². The highest BCUT2D eigenvalue weighted by Crippen LogP contribution is 2.32. The summed E-state index contributed by atoms with van der Waals surface area (Å²) < 4.78 is 0. The molecule has 1 amide bonds. The molecule has 0 aliphatic carbocycles. The van der Waals surface area contributed by atoms with Crippen LogP contribution in [-0.2, 0) is 11.2 Å². The van der Waals surface area contributed by atoms with Crippen molar-refractivity contribution in [2.75, 3.05) is 11.4 Å². The van der Waals surface area contributed by atoms with Gasteiger partial charge in [-0.2, -0.15) is 0 Å². The first-order chi connectivity index (χ1) is 9.56. The van der Waals surface area contributed by atoms with Crippen LogP contribution in [0.15, 0.2) is 23.6 Å². The molecule has 5 nitrogen and oxygen atoms in total. The zero-order valence-corrected chi connectivity index (χ0v) is 11.6. The second kappa shape index (κ2) is 4.72. The van der Waals surface area contributed by atoms with Gasteiger partial charge in [-0.05, 0) is 24.1 Å². The van der Waals surface area contributed by atoms with Crippen molar-refractivity contribution < 1.29 is 14.7 Å². The molecule has 102 valence electrons. The summed E-state index contributed by atoms with van der Waals surface area (Å²) in [5.41, 5.74) is 3.59. The number of carboxylic acid groups (broad SMARTS) is 1. The zero-order chi connectivity index (χ0) is 14.3. The van der Waals surface area contributed by atoms with Gasteiger partial charge >= 0.3 is 5.97 Å². The molecule has 2 aromatic rings. The number of anilines is 1. The minimum absolute atomic E-state index is 0.0401. The molecule has 6 heteroatoms. The van der Waals surface area contributed by atoms with Gasteiger partial charge in [0.1, 0.15) is 0 Å². The van der Waals surface area contributed by atoms with Crippen molar-refractivity contribution >= 4 is 28.9 Å². The molecule has 3 rings (SSSR count). The molecule has 1 aromatic carbocycles. The molecule has 1 N–H and O–H groups in total. The topological polar surface area (TPSA) is 70.5 Å². The highest BCUT2D eigenvalue weighted by molar-refractivity contribution is 7.11. The average Bonchev–Trinajstić information content (AvgIpc) is 3.04. The first kappa shape index (κ1) is 12.8. The van der Waals surface area contributed by atoms with Crippen LogP contribution in [0, 0.1) is 0 Å². The summed E-state index contributed by atoms with van der Waals surface area (Å²) in [5.74, 6) is -0.969. The van der Waals surface area contributed by atoms with Gasteiger partial charge in [-0.3, -0.25) is 4.79 Å². The number of fused-ring (bicyclic) bond motifs is 1. The molecule has 1 aromatic heterocycles. The van der Waals surface area contributed by atoms with Gasteiger partial charge in [0, 0.05) is 30.1 Å². The molecule has 20 heavy (non-hydrogen) atoms. The summed E-state index contributed by atoms with van der Waals surface area (Å²) in [6, 6.07) is 5.76. The fraction of sp³-hybridized carbons (Fsp3) is 0.214. The molecule has 0 radical (unpaired) electrons. The fourth-order valence-corrected chi connectivity index (χ4v) is 3.06. The molecular weight excluding hydrogens is 276 g/mol. The van der Waals surface area contributed by atoms with Gasteiger partial charge in [-0.15, -0.1) is 11.3 Å². The number of carbonyl (C=O) groups excluding carboxylic acids is 1. The zero-order valence-electron chi connectivity index (χ0n) is 10.8. The summed E-state index contributed by atoms with van der Waals surface area (Å²) in [6.07, 6.45) is 0.818. The number of carbonyl (C=O) groups is 2. The highest BCUT2D eigenvalue weighted by Gasteiger charge is 2.22. The number of amides is 1. The van der Waals surface area contributed by atoms with E-state index in [1.807, 2.05) is 18.2 Å². The van der Waals surface area contributed by atoms with E-state index in [1.54, 1.807) is 17.2 Å². The smallest absolute Gasteiger partial charge is 0.365 e. The monoisotopic (exact) mass is 288 g/mol.